The lowest BCUT2D eigenvalue weighted by atomic mass is 10.1. The van der Waals surface area contributed by atoms with Crippen molar-refractivity contribution in [2.45, 2.75) is 57.9 Å². The number of carbonyl (C=O) groups is 1. The van der Waals surface area contributed by atoms with E-state index in [0.29, 0.717) is 23.2 Å². The van der Waals surface area contributed by atoms with E-state index in [1.165, 1.54) is 12.8 Å². The minimum absolute atomic E-state index is 0.0905. The molecule has 1 fully saturated rings. The Morgan fingerprint density at radius 3 is 2.84 bits per heavy atom. The summed E-state index contributed by atoms with van der Waals surface area (Å²) in [5, 5.41) is 4.74. The predicted octanol–water partition coefficient (Wildman–Crippen LogP) is 5.02. The van der Waals surface area contributed by atoms with Crippen LogP contribution in [0.3, 0.4) is 0 Å². The van der Waals surface area contributed by atoms with Gasteiger partial charge in [0.05, 0.1) is 0 Å². The van der Waals surface area contributed by atoms with Gasteiger partial charge in [0.25, 0.3) is 0 Å². The third kappa shape index (κ3) is 4.40. The van der Waals surface area contributed by atoms with E-state index in [9.17, 15) is 4.79 Å². The summed E-state index contributed by atoms with van der Waals surface area (Å²) in [4.78, 5) is 19.0. The summed E-state index contributed by atoms with van der Waals surface area (Å²) in [6.07, 6.45) is 6.89. The van der Waals surface area contributed by atoms with Gasteiger partial charge < -0.3 is 9.42 Å². The van der Waals surface area contributed by atoms with E-state index in [-0.39, 0.29) is 11.9 Å². The van der Waals surface area contributed by atoms with Gasteiger partial charge in [-0.05, 0) is 43.5 Å². The first-order chi connectivity index (χ1) is 12.2. The number of hydrogen-bond donors (Lipinski definition) is 0. The summed E-state index contributed by atoms with van der Waals surface area (Å²) >= 11 is 5.91. The fraction of sp³-hybridized carbons (Fsp3) is 0.526. The van der Waals surface area contributed by atoms with Crippen molar-refractivity contribution in [3.63, 3.8) is 0 Å². The molecule has 0 saturated carbocycles. The Hall–Kier alpha value is -1.88. The van der Waals surface area contributed by atoms with Gasteiger partial charge in [-0.1, -0.05) is 42.9 Å². The summed E-state index contributed by atoms with van der Waals surface area (Å²) in [6.45, 7) is 2.95. The maximum absolute atomic E-state index is 12.5. The molecular formula is C19H24ClN3O2. The second-order valence-corrected chi connectivity index (χ2v) is 6.96. The van der Waals surface area contributed by atoms with Gasteiger partial charge in [-0.25, -0.2) is 0 Å². The fourth-order valence-corrected chi connectivity index (χ4v) is 3.38. The minimum Gasteiger partial charge on any atom is -0.337 e. The molecule has 1 aliphatic heterocycles. The van der Waals surface area contributed by atoms with Gasteiger partial charge >= 0.3 is 0 Å². The van der Waals surface area contributed by atoms with Gasteiger partial charge in [0.1, 0.15) is 6.04 Å². The molecule has 6 heteroatoms. The Balaban J connectivity index is 1.66. The van der Waals surface area contributed by atoms with Crippen LogP contribution in [0.1, 0.15) is 63.8 Å². The van der Waals surface area contributed by atoms with Crippen molar-refractivity contribution in [3.8, 4) is 11.4 Å². The van der Waals surface area contributed by atoms with Crippen LogP contribution in [0, 0.1) is 0 Å². The molecule has 134 valence electrons. The zero-order chi connectivity index (χ0) is 17.6. The van der Waals surface area contributed by atoms with Crippen LogP contribution in [0.15, 0.2) is 28.8 Å². The normalized spacial score (nSPS) is 17.2. The van der Waals surface area contributed by atoms with E-state index in [1.54, 1.807) is 12.1 Å². The lowest BCUT2D eigenvalue weighted by Crippen LogP contribution is -2.30. The molecule has 2 heterocycles. The summed E-state index contributed by atoms with van der Waals surface area (Å²) < 4.78 is 5.47. The van der Waals surface area contributed by atoms with Crippen LogP contribution in [0.4, 0.5) is 0 Å². The second-order valence-electron chi connectivity index (χ2n) is 6.52. The van der Waals surface area contributed by atoms with Crippen molar-refractivity contribution in [1.29, 1.82) is 0 Å². The van der Waals surface area contributed by atoms with Gasteiger partial charge in [0.2, 0.25) is 17.6 Å². The summed E-state index contributed by atoms with van der Waals surface area (Å²) in [5.41, 5.74) is 0.856. The topological polar surface area (TPSA) is 59.2 Å². The lowest BCUT2D eigenvalue weighted by Gasteiger charge is -2.21. The molecule has 3 rings (SSSR count). The van der Waals surface area contributed by atoms with Crippen molar-refractivity contribution >= 4 is 17.5 Å². The monoisotopic (exact) mass is 361 g/mol. The highest BCUT2D eigenvalue weighted by Gasteiger charge is 2.33. The minimum atomic E-state index is -0.0905. The Kier molecular flexibility index (Phi) is 6.08. The number of amides is 1. The van der Waals surface area contributed by atoms with Gasteiger partial charge in [0, 0.05) is 23.6 Å². The quantitative estimate of drug-likeness (QED) is 0.649. The Morgan fingerprint density at radius 1 is 1.28 bits per heavy atom. The first kappa shape index (κ1) is 17.9. The highest BCUT2D eigenvalue weighted by molar-refractivity contribution is 6.30. The average Bonchev–Trinajstić information content (AvgIpc) is 3.28. The molecular weight excluding hydrogens is 338 g/mol. The maximum Gasteiger partial charge on any atom is 0.249 e. The molecule has 0 N–H and O–H groups in total. The van der Waals surface area contributed by atoms with E-state index >= 15 is 0 Å². The van der Waals surface area contributed by atoms with E-state index in [4.69, 9.17) is 16.1 Å². The number of aromatic nitrogens is 2. The lowest BCUT2D eigenvalue weighted by molar-refractivity contribution is -0.132. The van der Waals surface area contributed by atoms with E-state index in [1.807, 2.05) is 17.0 Å². The smallest absolute Gasteiger partial charge is 0.249 e. The second kappa shape index (κ2) is 8.48. The Bertz CT molecular complexity index is 699. The van der Waals surface area contributed by atoms with Crippen molar-refractivity contribution < 1.29 is 9.32 Å². The van der Waals surface area contributed by atoms with Crippen LogP contribution < -0.4 is 0 Å². The molecule has 0 bridgehead atoms. The first-order valence-corrected chi connectivity index (χ1v) is 9.46. The molecule has 1 amide bonds. The predicted molar refractivity (Wildman–Crippen MR) is 97.2 cm³/mol. The molecule has 1 aromatic heterocycles. The molecule has 0 radical (unpaired) electrons. The maximum atomic E-state index is 12.5. The number of unbranched alkanes of at least 4 members (excludes halogenated alkanes) is 3. The molecule has 2 aromatic rings. The number of likely N-dealkylation sites (tertiary alicyclic amines) is 1. The molecule has 0 unspecified atom stereocenters. The van der Waals surface area contributed by atoms with Gasteiger partial charge in [0.15, 0.2) is 0 Å². The van der Waals surface area contributed by atoms with Crippen LogP contribution >= 0.6 is 11.6 Å². The number of benzene rings is 1. The Labute approximate surface area is 153 Å². The van der Waals surface area contributed by atoms with Crippen molar-refractivity contribution in [2.24, 2.45) is 0 Å². The molecule has 1 aliphatic rings. The molecule has 0 spiro atoms. The van der Waals surface area contributed by atoms with Gasteiger partial charge in [-0.2, -0.15) is 4.98 Å². The average molecular weight is 362 g/mol. The van der Waals surface area contributed by atoms with Crippen molar-refractivity contribution in [2.75, 3.05) is 6.54 Å². The first-order valence-electron chi connectivity index (χ1n) is 9.08. The van der Waals surface area contributed by atoms with Crippen LogP contribution in [0.2, 0.25) is 5.02 Å². The number of carbonyl (C=O) groups excluding carboxylic acids is 1. The standard InChI is InChI=1S/C19H24ClN3O2/c1-2-3-4-5-8-17(24)23-13-6-7-16(23)19-21-18(22-25-19)14-9-11-15(20)12-10-14/h9-12,16H,2-8,13H2,1H3/t16-/m0/s1. The highest BCUT2D eigenvalue weighted by atomic mass is 35.5. The van der Waals surface area contributed by atoms with Gasteiger partial charge in [-0.15, -0.1) is 0 Å². The highest BCUT2D eigenvalue weighted by Crippen LogP contribution is 2.33. The SMILES string of the molecule is CCCCCCC(=O)N1CCC[C@H]1c1nc(-c2ccc(Cl)cc2)no1. The molecule has 0 aliphatic carbocycles. The number of hydrogen-bond acceptors (Lipinski definition) is 4. The van der Waals surface area contributed by atoms with E-state index < -0.39 is 0 Å². The molecule has 1 saturated heterocycles. The van der Waals surface area contributed by atoms with Crippen LogP contribution in [-0.2, 0) is 4.79 Å². The largest absolute Gasteiger partial charge is 0.337 e. The number of halogens is 1. The zero-order valence-corrected chi connectivity index (χ0v) is 15.3. The third-order valence-electron chi connectivity index (χ3n) is 4.65. The molecule has 1 atom stereocenters. The summed E-state index contributed by atoms with van der Waals surface area (Å²) in [6, 6.07) is 7.24. The van der Waals surface area contributed by atoms with E-state index in [0.717, 1.165) is 37.8 Å². The van der Waals surface area contributed by atoms with Crippen molar-refractivity contribution in [1.82, 2.24) is 15.0 Å². The van der Waals surface area contributed by atoms with Crippen LogP contribution in [-0.4, -0.2) is 27.5 Å². The van der Waals surface area contributed by atoms with E-state index in [2.05, 4.69) is 17.1 Å². The third-order valence-corrected chi connectivity index (χ3v) is 4.90. The molecule has 5 nitrogen and oxygen atoms in total. The van der Waals surface area contributed by atoms with Crippen LogP contribution in [0.25, 0.3) is 11.4 Å². The summed E-state index contributed by atoms with van der Waals surface area (Å²) in [7, 11) is 0. The number of rotatable bonds is 7. The fourth-order valence-electron chi connectivity index (χ4n) is 3.26. The zero-order valence-electron chi connectivity index (χ0n) is 14.6. The molecule has 25 heavy (non-hydrogen) atoms. The number of nitrogens with zero attached hydrogens (tertiary/aromatic N) is 3. The van der Waals surface area contributed by atoms with Gasteiger partial charge in [-0.3, -0.25) is 4.79 Å². The Morgan fingerprint density at radius 2 is 2.08 bits per heavy atom. The van der Waals surface area contributed by atoms with Crippen LogP contribution in [0.5, 0.6) is 0 Å². The van der Waals surface area contributed by atoms with Crippen molar-refractivity contribution in [3.05, 3.63) is 35.2 Å². The molecule has 1 aromatic carbocycles. The summed E-state index contributed by atoms with van der Waals surface area (Å²) in [5.74, 6) is 1.27.